The van der Waals surface area contributed by atoms with Crippen LogP contribution in [-0.4, -0.2) is 26.2 Å². The van der Waals surface area contributed by atoms with Gasteiger partial charge in [-0.2, -0.15) is 0 Å². The number of azide groups is 1. The molecule has 0 saturated carbocycles. The van der Waals surface area contributed by atoms with Crippen molar-refractivity contribution < 1.29 is 9.53 Å². The molecule has 108 valence electrons. The molecular weight excluding hydrogens is 256 g/mol. The summed E-state index contributed by atoms with van der Waals surface area (Å²) >= 11 is 0. The number of esters is 1. The van der Waals surface area contributed by atoms with Gasteiger partial charge in [0.2, 0.25) is 0 Å². The summed E-state index contributed by atoms with van der Waals surface area (Å²) in [5.41, 5.74) is 8.21. The molecular formula is C14H20N4O2. The van der Waals surface area contributed by atoms with Crippen molar-refractivity contribution in [2.45, 2.75) is 19.4 Å². The van der Waals surface area contributed by atoms with Gasteiger partial charge in [0.05, 0.1) is 7.11 Å². The highest BCUT2D eigenvalue weighted by Gasteiger charge is 2.43. The highest BCUT2D eigenvalue weighted by molar-refractivity contribution is 5.83. The zero-order valence-corrected chi connectivity index (χ0v) is 12.0. The SMILES string of the molecule is COC(=O)C(NCCN=[N+]=[N-])(c1ccccc1)C(C)C. The normalized spacial score (nSPS) is 13.4. The molecule has 6 heteroatoms. The van der Waals surface area contributed by atoms with E-state index in [9.17, 15) is 4.79 Å². The number of carbonyl (C=O) groups is 1. The molecule has 1 rings (SSSR count). The maximum absolute atomic E-state index is 12.4. The van der Waals surface area contributed by atoms with Crippen LogP contribution < -0.4 is 5.32 Å². The van der Waals surface area contributed by atoms with E-state index in [1.54, 1.807) is 0 Å². The first-order valence-electron chi connectivity index (χ1n) is 6.49. The Bertz CT molecular complexity index is 483. The van der Waals surface area contributed by atoms with Crippen molar-refractivity contribution in [3.05, 3.63) is 46.3 Å². The molecule has 0 aromatic heterocycles. The van der Waals surface area contributed by atoms with Gasteiger partial charge in [-0.3, -0.25) is 5.32 Å². The van der Waals surface area contributed by atoms with Crippen LogP contribution in [0, 0.1) is 5.92 Å². The molecule has 0 amide bonds. The van der Waals surface area contributed by atoms with Gasteiger partial charge >= 0.3 is 5.97 Å². The molecule has 0 aliphatic heterocycles. The van der Waals surface area contributed by atoms with Crippen LogP contribution >= 0.6 is 0 Å². The third kappa shape index (κ3) is 3.29. The highest BCUT2D eigenvalue weighted by Crippen LogP contribution is 2.31. The number of ether oxygens (including phenoxy) is 1. The second kappa shape index (κ2) is 7.53. The van der Waals surface area contributed by atoms with E-state index in [0.29, 0.717) is 6.54 Å². The number of benzene rings is 1. The number of nitrogens with zero attached hydrogens (tertiary/aromatic N) is 3. The Kier molecular flexibility index (Phi) is 6.03. The van der Waals surface area contributed by atoms with Crippen LogP contribution in [0.3, 0.4) is 0 Å². The van der Waals surface area contributed by atoms with Crippen LogP contribution in [0.2, 0.25) is 0 Å². The molecule has 20 heavy (non-hydrogen) atoms. The van der Waals surface area contributed by atoms with E-state index in [-0.39, 0.29) is 18.4 Å². The van der Waals surface area contributed by atoms with Crippen LogP contribution in [0.15, 0.2) is 35.4 Å². The Morgan fingerprint density at radius 1 is 1.45 bits per heavy atom. The van der Waals surface area contributed by atoms with Crippen LogP contribution in [-0.2, 0) is 15.1 Å². The van der Waals surface area contributed by atoms with E-state index in [4.69, 9.17) is 10.3 Å². The zero-order chi connectivity index (χ0) is 15.0. The quantitative estimate of drug-likeness (QED) is 0.273. The van der Waals surface area contributed by atoms with Gasteiger partial charge < -0.3 is 4.74 Å². The third-order valence-electron chi connectivity index (χ3n) is 3.28. The predicted octanol–water partition coefficient (Wildman–Crippen LogP) is 2.61. The Morgan fingerprint density at radius 3 is 2.60 bits per heavy atom. The number of hydrogen-bond donors (Lipinski definition) is 1. The van der Waals surface area contributed by atoms with Crippen LogP contribution in [0.1, 0.15) is 19.4 Å². The maximum atomic E-state index is 12.4. The molecule has 1 N–H and O–H groups in total. The first kappa shape index (κ1) is 16.0. The van der Waals surface area contributed by atoms with E-state index in [1.165, 1.54) is 7.11 Å². The molecule has 1 aromatic rings. The number of carbonyl (C=O) groups excluding carboxylic acids is 1. The predicted molar refractivity (Wildman–Crippen MR) is 77.0 cm³/mol. The summed E-state index contributed by atoms with van der Waals surface area (Å²) in [4.78, 5) is 15.1. The maximum Gasteiger partial charge on any atom is 0.330 e. The van der Waals surface area contributed by atoms with Crippen molar-refractivity contribution in [1.29, 1.82) is 0 Å². The second-order valence-electron chi connectivity index (χ2n) is 4.70. The van der Waals surface area contributed by atoms with Gasteiger partial charge in [0.25, 0.3) is 0 Å². The van der Waals surface area contributed by atoms with E-state index in [0.717, 1.165) is 5.56 Å². The molecule has 1 aromatic carbocycles. The Hall–Kier alpha value is -2.04. The van der Waals surface area contributed by atoms with Gasteiger partial charge in [-0.1, -0.05) is 49.3 Å². The van der Waals surface area contributed by atoms with Crippen molar-refractivity contribution in [2.24, 2.45) is 11.0 Å². The van der Waals surface area contributed by atoms with Gasteiger partial charge in [-0.25, -0.2) is 4.79 Å². The summed E-state index contributed by atoms with van der Waals surface area (Å²) in [6.07, 6.45) is 0. The van der Waals surface area contributed by atoms with Gasteiger partial charge in [0.15, 0.2) is 0 Å². The largest absolute Gasteiger partial charge is 0.467 e. The van der Waals surface area contributed by atoms with Gasteiger partial charge in [-0.15, -0.1) is 0 Å². The molecule has 6 nitrogen and oxygen atoms in total. The number of nitrogens with one attached hydrogen (secondary N) is 1. The molecule has 1 unspecified atom stereocenters. The van der Waals surface area contributed by atoms with Crippen molar-refractivity contribution in [1.82, 2.24) is 5.32 Å². The lowest BCUT2D eigenvalue weighted by atomic mass is 9.79. The zero-order valence-electron chi connectivity index (χ0n) is 12.0. The van der Waals surface area contributed by atoms with Crippen molar-refractivity contribution in [3.8, 4) is 0 Å². The van der Waals surface area contributed by atoms with Crippen LogP contribution in [0.5, 0.6) is 0 Å². The Labute approximate surface area is 118 Å². The number of methoxy groups -OCH3 is 1. The molecule has 0 aliphatic rings. The van der Waals surface area contributed by atoms with Crippen LogP contribution in [0.4, 0.5) is 0 Å². The molecule has 0 heterocycles. The first-order chi connectivity index (χ1) is 9.59. The lowest BCUT2D eigenvalue weighted by molar-refractivity contribution is -0.151. The first-order valence-corrected chi connectivity index (χ1v) is 6.49. The summed E-state index contributed by atoms with van der Waals surface area (Å²) in [5.74, 6) is -0.372. The standard InChI is InChI=1S/C14H20N4O2/c1-11(2)14(13(19)20-3,16-9-10-17-18-15)12-7-5-4-6-8-12/h4-8,11,16H,9-10H2,1-3H3. The van der Waals surface area contributed by atoms with E-state index in [2.05, 4.69) is 15.3 Å². The number of hydrogen-bond acceptors (Lipinski definition) is 4. The van der Waals surface area contributed by atoms with E-state index < -0.39 is 5.54 Å². The van der Waals surface area contributed by atoms with E-state index in [1.807, 2.05) is 44.2 Å². The van der Waals surface area contributed by atoms with Gasteiger partial charge in [-0.05, 0) is 17.0 Å². The molecule has 0 aliphatic carbocycles. The molecule has 0 bridgehead atoms. The smallest absolute Gasteiger partial charge is 0.330 e. The van der Waals surface area contributed by atoms with Gasteiger partial charge in [0, 0.05) is 18.0 Å². The highest BCUT2D eigenvalue weighted by atomic mass is 16.5. The van der Waals surface area contributed by atoms with Gasteiger partial charge in [0.1, 0.15) is 5.54 Å². The van der Waals surface area contributed by atoms with Crippen molar-refractivity contribution >= 4 is 5.97 Å². The summed E-state index contributed by atoms with van der Waals surface area (Å²) in [6.45, 7) is 4.57. The molecule has 1 atom stereocenters. The minimum Gasteiger partial charge on any atom is -0.467 e. The fourth-order valence-corrected chi connectivity index (χ4v) is 2.28. The summed E-state index contributed by atoms with van der Waals surface area (Å²) in [7, 11) is 1.37. The average Bonchev–Trinajstić information content (AvgIpc) is 2.47. The van der Waals surface area contributed by atoms with Crippen molar-refractivity contribution in [3.63, 3.8) is 0 Å². The molecule has 0 fully saturated rings. The lowest BCUT2D eigenvalue weighted by Crippen LogP contribution is -2.54. The number of rotatable bonds is 7. The van der Waals surface area contributed by atoms with Crippen LogP contribution in [0.25, 0.3) is 10.4 Å². The van der Waals surface area contributed by atoms with Crippen molar-refractivity contribution in [2.75, 3.05) is 20.2 Å². The topological polar surface area (TPSA) is 87.1 Å². The molecule has 0 radical (unpaired) electrons. The molecule has 0 spiro atoms. The van der Waals surface area contributed by atoms with E-state index >= 15 is 0 Å². The summed E-state index contributed by atoms with van der Waals surface area (Å²) in [5, 5.41) is 6.67. The monoisotopic (exact) mass is 276 g/mol. The molecule has 0 saturated heterocycles. The third-order valence-corrected chi connectivity index (χ3v) is 3.28. The lowest BCUT2D eigenvalue weighted by Gasteiger charge is -2.36. The average molecular weight is 276 g/mol. The Morgan fingerprint density at radius 2 is 2.10 bits per heavy atom. The fourth-order valence-electron chi connectivity index (χ4n) is 2.28. The Balaban J connectivity index is 3.15. The summed E-state index contributed by atoms with van der Waals surface area (Å²) < 4.78 is 4.98. The fraction of sp³-hybridized carbons (Fsp3) is 0.500. The minimum absolute atomic E-state index is 0.0246. The summed E-state index contributed by atoms with van der Waals surface area (Å²) in [6, 6.07) is 9.43. The second-order valence-corrected chi connectivity index (χ2v) is 4.70. The minimum atomic E-state index is -0.943.